The molecule has 1 aromatic heterocycles. The summed E-state index contributed by atoms with van der Waals surface area (Å²) in [6, 6.07) is 18.8. The molecule has 1 heterocycles. The van der Waals surface area contributed by atoms with Crippen LogP contribution in [-0.2, 0) is 22.5 Å². The monoisotopic (exact) mass is 716 g/mol. The number of aliphatic hydroxyl groups is 2. The minimum atomic E-state index is -1.25. The molecule has 0 spiro atoms. The van der Waals surface area contributed by atoms with Crippen molar-refractivity contribution in [2.45, 2.75) is 90.7 Å². The molecule has 3 unspecified atom stereocenters. The number of carboxylic acids is 2. The molecule has 0 aliphatic rings. The SMILES string of the molecule is CCC(C)OC(=O)c1cc(CNC(=O)c2c(-c3ccccc3)c(-c3ccc(F)cc3)c(CCC(O)CC(O)CC(=O)O)n2C(C)C)cc(C(=O)O)c1. The number of nitrogens with zero attached hydrogens (tertiary/aromatic N) is 1. The molecule has 5 N–H and O–H groups in total. The molecule has 52 heavy (non-hydrogen) atoms. The number of aliphatic carboxylic acids is 1. The summed E-state index contributed by atoms with van der Waals surface area (Å²) < 4.78 is 21.5. The molecule has 0 saturated carbocycles. The molecular formula is C40H45FN2O9. The Balaban J connectivity index is 1.83. The summed E-state index contributed by atoms with van der Waals surface area (Å²) in [5.74, 6) is -4.09. The van der Waals surface area contributed by atoms with E-state index in [4.69, 9.17) is 9.84 Å². The van der Waals surface area contributed by atoms with E-state index in [0.717, 1.165) is 0 Å². The molecule has 276 valence electrons. The zero-order valence-corrected chi connectivity index (χ0v) is 29.6. The standard InChI is InChI=1S/C40H45FN2O9/c1-5-24(4)52-40(51)29-18-25(17-28(19-29)39(49)50)22-42-38(48)37-36(26-9-7-6-8-10-26)35(27-11-13-30(41)14-12-27)33(43(37)23(2)3)16-15-31(44)20-32(45)21-34(46)47/h6-14,17-19,23-24,31-32,44-45H,5,15-16,20-22H2,1-4H3,(H,42,48)(H,46,47)(H,49,50). The Morgan fingerprint density at radius 2 is 1.48 bits per heavy atom. The first-order valence-corrected chi connectivity index (χ1v) is 17.2. The lowest BCUT2D eigenvalue weighted by molar-refractivity contribution is -0.139. The van der Waals surface area contributed by atoms with Crippen LogP contribution in [0.2, 0.25) is 0 Å². The number of aliphatic hydroxyl groups excluding tert-OH is 2. The van der Waals surface area contributed by atoms with Gasteiger partial charge in [-0.3, -0.25) is 9.59 Å². The van der Waals surface area contributed by atoms with Gasteiger partial charge in [0.15, 0.2) is 0 Å². The predicted octanol–water partition coefficient (Wildman–Crippen LogP) is 6.64. The fourth-order valence-electron chi connectivity index (χ4n) is 6.15. The third-order valence-electron chi connectivity index (χ3n) is 8.71. The summed E-state index contributed by atoms with van der Waals surface area (Å²) in [6.45, 7) is 7.23. The van der Waals surface area contributed by atoms with E-state index in [2.05, 4.69) is 5.32 Å². The number of benzene rings is 3. The van der Waals surface area contributed by atoms with Crippen molar-refractivity contribution < 1.29 is 48.7 Å². The lowest BCUT2D eigenvalue weighted by Gasteiger charge is -2.20. The quantitative estimate of drug-likeness (QED) is 0.0750. The van der Waals surface area contributed by atoms with Gasteiger partial charge < -0.3 is 35.0 Å². The van der Waals surface area contributed by atoms with Gasteiger partial charge in [-0.15, -0.1) is 0 Å². The normalized spacial score (nSPS) is 13.0. The van der Waals surface area contributed by atoms with Crippen LogP contribution in [-0.4, -0.2) is 67.1 Å². The van der Waals surface area contributed by atoms with Crippen molar-refractivity contribution in [3.8, 4) is 22.3 Å². The molecule has 0 radical (unpaired) electrons. The first-order chi connectivity index (χ1) is 24.7. The maximum Gasteiger partial charge on any atom is 0.338 e. The second-order valence-electron chi connectivity index (χ2n) is 13.1. The zero-order chi connectivity index (χ0) is 38.1. The van der Waals surface area contributed by atoms with Gasteiger partial charge in [0.25, 0.3) is 5.91 Å². The Hall–Kier alpha value is -5.33. The van der Waals surface area contributed by atoms with Crippen molar-refractivity contribution in [1.82, 2.24) is 9.88 Å². The Bertz CT molecular complexity index is 1890. The molecule has 3 atom stereocenters. The first kappa shape index (κ1) is 39.5. The van der Waals surface area contributed by atoms with Crippen LogP contribution in [0.1, 0.15) is 102 Å². The number of halogens is 1. The average Bonchev–Trinajstić information content (AvgIpc) is 3.45. The fraction of sp³-hybridized carbons (Fsp3) is 0.350. The van der Waals surface area contributed by atoms with Crippen LogP contribution < -0.4 is 5.32 Å². The molecule has 0 bridgehead atoms. The highest BCUT2D eigenvalue weighted by atomic mass is 19.1. The third-order valence-corrected chi connectivity index (χ3v) is 8.71. The van der Waals surface area contributed by atoms with Crippen LogP contribution in [0.5, 0.6) is 0 Å². The summed E-state index contributed by atoms with van der Waals surface area (Å²) in [6.07, 6.45) is -2.48. The minimum absolute atomic E-state index is 0.0351. The fourth-order valence-corrected chi connectivity index (χ4v) is 6.15. The molecule has 12 heteroatoms. The van der Waals surface area contributed by atoms with E-state index in [1.54, 1.807) is 19.1 Å². The summed E-state index contributed by atoms with van der Waals surface area (Å²) in [5.41, 5.74) is 3.64. The van der Waals surface area contributed by atoms with Gasteiger partial charge in [-0.2, -0.15) is 0 Å². The van der Waals surface area contributed by atoms with Gasteiger partial charge >= 0.3 is 17.9 Å². The summed E-state index contributed by atoms with van der Waals surface area (Å²) in [7, 11) is 0. The van der Waals surface area contributed by atoms with Gasteiger partial charge in [0.2, 0.25) is 0 Å². The number of rotatable bonds is 17. The smallest absolute Gasteiger partial charge is 0.338 e. The van der Waals surface area contributed by atoms with E-state index >= 15 is 0 Å². The Morgan fingerprint density at radius 3 is 2.08 bits per heavy atom. The number of esters is 1. The third kappa shape index (κ3) is 9.92. The molecule has 0 aliphatic heterocycles. The topological polar surface area (TPSA) is 175 Å². The van der Waals surface area contributed by atoms with E-state index < -0.39 is 48.3 Å². The Kier molecular flexibility index (Phi) is 13.5. The van der Waals surface area contributed by atoms with Gasteiger partial charge in [-0.05, 0) is 93.5 Å². The number of carbonyl (C=O) groups excluding carboxylic acids is 2. The number of nitrogens with one attached hydrogen (secondary N) is 1. The first-order valence-electron chi connectivity index (χ1n) is 17.2. The van der Waals surface area contributed by atoms with Crippen molar-refractivity contribution in [2.75, 3.05) is 0 Å². The molecule has 0 saturated heterocycles. The number of carboxylic acid groups (broad SMARTS) is 2. The number of hydrogen-bond acceptors (Lipinski definition) is 7. The van der Waals surface area contributed by atoms with Crippen molar-refractivity contribution in [3.63, 3.8) is 0 Å². The zero-order valence-electron chi connectivity index (χ0n) is 29.6. The number of carbonyl (C=O) groups is 4. The highest BCUT2D eigenvalue weighted by Crippen LogP contribution is 2.42. The average molecular weight is 717 g/mol. The molecule has 11 nitrogen and oxygen atoms in total. The second-order valence-corrected chi connectivity index (χ2v) is 13.1. The predicted molar refractivity (Wildman–Crippen MR) is 193 cm³/mol. The second kappa shape index (κ2) is 17.7. The van der Waals surface area contributed by atoms with E-state index in [0.29, 0.717) is 39.9 Å². The van der Waals surface area contributed by atoms with E-state index in [9.17, 15) is 38.9 Å². The molecule has 3 aromatic carbocycles. The van der Waals surface area contributed by atoms with Crippen LogP contribution in [0.15, 0.2) is 72.8 Å². The van der Waals surface area contributed by atoms with Crippen LogP contribution in [0.4, 0.5) is 4.39 Å². The van der Waals surface area contributed by atoms with Gasteiger partial charge in [-0.1, -0.05) is 49.4 Å². The number of aromatic nitrogens is 1. The molecule has 1 amide bonds. The van der Waals surface area contributed by atoms with E-state index in [1.807, 2.05) is 55.7 Å². The largest absolute Gasteiger partial charge is 0.481 e. The van der Waals surface area contributed by atoms with Crippen LogP contribution in [0.3, 0.4) is 0 Å². The number of amides is 1. The van der Waals surface area contributed by atoms with Crippen molar-refractivity contribution in [1.29, 1.82) is 0 Å². The maximum atomic E-state index is 14.5. The molecule has 0 aliphatic carbocycles. The number of ether oxygens (including phenoxy) is 1. The molecule has 0 fully saturated rings. The maximum absolute atomic E-state index is 14.5. The van der Waals surface area contributed by atoms with Crippen molar-refractivity contribution in [2.24, 2.45) is 0 Å². The lowest BCUT2D eigenvalue weighted by Crippen LogP contribution is -2.27. The molecular weight excluding hydrogens is 671 g/mol. The van der Waals surface area contributed by atoms with Gasteiger partial charge in [-0.25, -0.2) is 14.0 Å². The van der Waals surface area contributed by atoms with Crippen molar-refractivity contribution in [3.05, 3.63) is 107 Å². The summed E-state index contributed by atoms with van der Waals surface area (Å²) in [5, 5.41) is 42.8. The van der Waals surface area contributed by atoms with Gasteiger partial charge in [0.05, 0.1) is 35.9 Å². The number of aromatic carboxylic acids is 1. The van der Waals surface area contributed by atoms with E-state index in [-0.39, 0.29) is 54.8 Å². The Morgan fingerprint density at radius 1 is 0.846 bits per heavy atom. The van der Waals surface area contributed by atoms with Crippen LogP contribution in [0, 0.1) is 5.82 Å². The molecule has 4 rings (SSSR count). The highest BCUT2D eigenvalue weighted by molar-refractivity contribution is 6.05. The number of hydrogen-bond donors (Lipinski definition) is 5. The lowest BCUT2D eigenvalue weighted by atomic mass is 9.92. The Labute approximate surface area is 301 Å². The minimum Gasteiger partial charge on any atom is -0.481 e. The van der Waals surface area contributed by atoms with Crippen molar-refractivity contribution >= 4 is 23.8 Å². The highest BCUT2D eigenvalue weighted by Gasteiger charge is 2.30. The van der Waals surface area contributed by atoms with Gasteiger partial charge in [0.1, 0.15) is 11.5 Å². The van der Waals surface area contributed by atoms with Crippen LogP contribution >= 0.6 is 0 Å². The van der Waals surface area contributed by atoms with Crippen LogP contribution in [0.25, 0.3) is 22.3 Å². The van der Waals surface area contributed by atoms with E-state index in [1.165, 1.54) is 30.3 Å². The molecule has 4 aromatic rings. The summed E-state index contributed by atoms with van der Waals surface area (Å²) in [4.78, 5) is 50.4. The van der Waals surface area contributed by atoms with Gasteiger partial charge in [0, 0.05) is 29.4 Å². The summed E-state index contributed by atoms with van der Waals surface area (Å²) >= 11 is 0.